The summed E-state index contributed by atoms with van der Waals surface area (Å²) in [6, 6.07) is 2.12. The van der Waals surface area contributed by atoms with Crippen LogP contribution in [0.2, 0.25) is 0 Å². The Hall–Kier alpha value is -1.82. The number of rotatable bonds is 5. The Morgan fingerprint density at radius 2 is 2.35 bits per heavy atom. The third-order valence-corrected chi connectivity index (χ3v) is 3.94. The normalized spacial score (nSPS) is 12.3. The van der Waals surface area contributed by atoms with Gasteiger partial charge in [-0.05, 0) is 42.2 Å². The number of aryl methyl sites for hydroxylation is 2. The van der Waals surface area contributed by atoms with Gasteiger partial charge in [-0.1, -0.05) is 6.92 Å². The van der Waals surface area contributed by atoms with E-state index in [1.807, 2.05) is 19.2 Å². The first-order valence-electron chi connectivity index (χ1n) is 6.66. The minimum absolute atomic E-state index is 0.0523. The molecule has 0 saturated heterocycles. The van der Waals surface area contributed by atoms with E-state index in [2.05, 4.69) is 21.9 Å². The second kappa shape index (κ2) is 6.09. The molecule has 0 spiro atoms. The largest absolute Gasteiger partial charge is 0.395 e. The van der Waals surface area contributed by atoms with Crippen LogP contribution in [0, 0.1) is 0 Å². The minimum Gasteiger partial charge on any atom is -0.395 e. The second-order valence-electron chi connectivity index (χ2n) is 4.90. The number of nitrogens with zero attached hydrogens (tertiary/aromatic N) is 2. The van der Waals surface area contributed by atoms with E-state index >= 15 is 0 Å². The molecule has 2 heterocycles. The molecule has 0 aliphatic heterocycles. The molecule has 5 nitrogen and oxygen atoms in total. The van der Waals surface area contributed by atoms with E-state index in [1.165, 1.54) is 5.56 Å². The molecule has 0 aromatic carbocycles. The van der Waals surface area contributed by atoms with Gasteiger partial charge in [0.05, 0.1) is 11.4 Å². The van der Waals surface area contributed by atoms with Crippen molar-refractivity contribution < 1.29 is 4.79 Å². The van der Waals surface area contributed by atoms with Crippen molar-refractivity contribution in [2.45, 2.75) is 32.7 Å². The Labute approximate surface area is 122 Å². The number of hydrogen-bond donors (Lipinski definition) is 2. The lowest BCUT2D eigenvalue weighted by Crippen LogP contribution is -2.35. The van der Waals surface area contributed by atoms with Crippen LogP contribution in [0.4, 0.5) is 5.69 Å². The lowest BCUT2D eigenvalue weighted by atomic mass is 10.1. The lowest BCUT2D eigenvalue weighted by Gasteiger charge is -2.13. The fourth-order valence-corrected chi connectivity index (χ4v) is 2.91. The number of carbonyl (C=O) groups is 1. The number of nitrogen functional groups attached to an aromatic ring is 1. The van der Waals surface area contributed by atoms with E-state index in [4.69, 9.17) is 5.73 Å². The summed E-state index contributed by atoms with van der Waals surface area (Å²) in [4.78, 5) is 12.3. The summed E-state index contributed by atoms with van der Waals surface area (Å²) < 4.78 is 1.56. The number of anilines is 1. The molecule has 2 aromatic heterocycles. The average molecular weight is 292 g/mol. The Morgan fingerprint density at radius 3 is 2.90 bits per heavy atom. The molecule has 0 aliphatic rings. The Balaban J connectivity index is 2.06. The van der Waals surface area contributed by atoms with Crippen LogP contribution in [0.15, 0.2) is 16.8 Å². The van der Waals surface area contributed by atoms with Gasteiger partial charge in [0.25, 0.3) is 5.91 Å². The quantitative estimate of drug-likeness (QED) is 0.885. The van der Waals surface area contributed by atoms with Gasteiger partial charge in [-0.25, -0.2) is 0 Å². The number of hydrogen-bond acceptors (Lipinski definition) is 4. The highest BCUT2D eigenvalue weighted by atomic mass is 32.1. The zero-order chi connectivity index (χ0) is 14.7. The number of nitrogens with two attached hydrogens (primary N) is 1. The van der Waals surface area contributed by atoms with Gasteiger partial charge in [-0.2, -0.15) is 16.4 Å². The number of amides is 1. The van der Waals surface area contributed by atoms with Gasteiger partial charge in [-0.15, -0.1) is 0 Å². The summed E-state index contributed by atoms with van der Waals surface area (Å²) in [5.74, 6) is -0.167. The Kier molecular flexibility index (Phi) is 4.44. The van der Waals surface area contributed by atoms with E-state index in [-0.39, 0.29) is 11.9 Å². The molecule has 2 aromatic rings. The van der Waals surface area contributed by atoms with Gasteiger partial charge in [0.1, 0.15) is 5.69 Å². The van der Waals surface area contributed by atoms with Gasteiger partial charge < -0.3 is 11.1 Å². The molecule has 3 N–H and O–H groups in total. The van der Waals surface area contributed by atoms with Crippen LogP contribution in [0.25, 0.3) is 0 Å². The molecule has 0 bridgehead atoms. The highest BCUT2D eigenvalue weighted by molar-refractivity contribution is 7.07. The zero-order valence-electron chi connectivity index (χ0n) is 12.0. The van der Waals surface area contributed by atoms with E-state index < -0.39 is 0 Å². The van der Waals surface area contributed by atoms with Crippen molar-refractivity contribution in [1.29, 1.82) is 0 Å². The first-order chi connectivity index (χ1) is 9.52. The minimum atomic E-state index is -0.167. The van der Waals surface area contributed by atoms with Gasteiger partial charge >= 0.3 is 0 Å². The maximum Gasteiger partial charge on any atom is 0.271 e. The highest BCUT2D eigenvalue weighted by Crippen LogP contribution is 2.17. The van der Waals surface area contributed by atoms with E-state index in [9.17, 15) is 4.79 Å². The highest BCUT2D eigenvalue weighted by Gasteiger charge is 2.20. The number of nitrogens with one attached hydrogen (secondary N) is 1. The van der Waals surface area contributed by atoms with Crippen LogP contribution in [-0.2, 0) is 19.9 Å². The summed E-state index contributed by atoms with van der Waals surface area (Å²) >= 11 is 1.66. The first kappa shape index (κ1) is 14.6. The average Bonchev–Trinajstić information content (AvgIpc) is 2.97. The predicted molar refractivity (Wildman–Crippen MR) is 81.9 cm³/mol. The van der Waals surface area contributed by atoms with Gasteiger partial charge in [0, 0.05) is 13.1 Å². The van der Waals surface area contributed by atoms with Crippen molar-refractivity contribution in [2.75, 3.05) is 5.73 Å². The van der Waals surface area contributed by atoms with Crippen LogP contribution in [0.1, 0.15) is 35.6 Å². The summed E-state index contributed by atoms with van der Waals surface area (Å²) in [5.41, 5.74) is 8.91. The molecular weight excluding hydrogens is 272 g/mol. The third kappa shape index (κ3) is 3.01. The van der Waals surface area contributed by atoms with Crippen LogP contribution in [0.3, 0.4) is 0 Å². The molecule has 1 unspecified atom stereocenters. The topological polar surface area (TPSA) is 72.9 Å². The molecule has 108 valence electrons. The molecule has 1 atom stereocenters. The number of aromatic nitrogens is 2. The van der Waals surface area contributed by atoms with Crippen molar-refractivity contribution in [3.8, 4) is 0 Å². The van der Waals surface area contributed by atoms with Crippen LogP contribution < -0.4 is 11.1 Å². The van der Waals surface area contributed by atoms with Crippen molar-refractivity contribution in [3.05, 3.63) is 33.8 Å². The van der Waals surface area contributed by atoms with Crippen LogP contribution in [0.5, 0.6) is 0 Å². The number of thiophene rings is 1. The molecule has 0 fully saturated rings. The molecule has 6 heteroatoms. The standard InChI is InChI=1S/C14H20N4OS/c1-4-11-12(15)13(18(3)17-11)14(19)16-9(2)7-10-5-6-20-8-10/h5-6,8-9H,4,7,15H2,1-3H3,(H,16,19). The van der Waals surface area contributed by atoms with Crippen molar-refractivity contribution in [2.24, 2.45) is 7.05 Å². The fourth-order valence-electron chi connectivity index (χ4n) is 2.23. The third-order valence-electron chi connectivity index (χ3n) is 3.21. The zero-order valence-corrected chi connectivity index (χ0v) is 12.8. The molecule has 0 saturated carbocycles. The van der Waals surface area contributed by atoms with Crippen LogP contribution in [-0.4, -0.2) is 21.7 Å². The number of carbonyl (C=O) groups excluding carboxylic acids is 1. The smallest absolute Gasteiger partial charge is 0.271 e. The molecule has 0 aliphatic carbocycles. The van der Waals surface area contributed by atoms with Crippen molar-refractivity contribution in [1.82, 2.24) is 15.1 Å². The lowest BCUT2D eigenvalue weighted by molar-refractivity contribution is 0.0931. The Morgan fingerprint density at radius 1 is 1.60 bits per heavy atom. The molecular formula is C14H20N4OS. The summed E-state index contributed by atoms with van der Waals surface area (Å²) in [7, 11) is 1.74. The molecule has 1 amide bonds. The maximum atomic E-state index is 12.3. The summed E-state index contributed by atoms with van der Waals surface area (Å²) in [5, 5.41) is 11.4. The predicted octanol–water partition coefficient (Wildman–Crippen LogP) is 1.99. The van der Waals surface area contributed by atoms with E-state index in [0.29, 0.717) is 11.4 Å². The van der Waals surface area contributed by atoms with E-state index in [0.717, 1.165) is 18.5 Å². The molecule has 2 rings (SSSR count). The van der Waals surface area contributed by atoms with Gasteiger partial charge in [0.2, 0.25) is 0 Å². The first-order valence-corrected chi connectivity index (χ1v) is 7.60. The van der Waals surface area contributed by atoms with E-state index in [1.54, 1.807) is 23.1 Å². The van der Waals surface area contributed by atoms with Crippen LogP contribution >= 0.6 is 11.3 Å². The monoisotopic (exact) mass is 292 g/mol. The second-order valence-corrected chi connectivity index (χ2v) is 5.68. The molecule has 20 heavy (non-hydrogen) atoms. The SMILES string of the molecule is CCc1nn(C)c(C(=O)NC(C)Cc2ccsc2)c1N. The van der Waals surface area contributed by atoms with Gasteiger partial charge in [-0.3, -0.25) is 9.48 Å². The van der Waals surface area contributed by atoms with Gasteiger partial charge in [0.15, 0.2) is 0 Å². The van der Waals surface area contributed by atoms with Crippen molar-refractivity contribution >= 4 is 22.9 Å². The summed E-state index contributed by atoms with van der Waals surface area (Å²) in [6.45, 7) is 3.96. The Bertz CT molecular complexity index is 589. The van der Waals surface area contributed by atoms with Crippen molar-refractivity contribution in [3.63, 3.8) is 0 Å². The molecule has 0 radical (unpaired) electrons. The summed E-state index contributed by atoms with van der Waals surface area (Å²) in [6.07, 6.45) is 1.53. The maximum absolute atomic E-state index is 12.3. The fraction of sp³-hybridized carbons (Fsp3) is 0.429.